The van der Waals surface area contributed by atoms with Crippen molar-refractivity contribution in [3.05, 3.63) is 47.3 Å². The summed E-state index contributed by atoms with van der Waals surface area (Å²) in [6.07, 6.45) is 4.38. The molecular weight excluding hydrogens is 210 g/mol. The van der Waals surface area contributed by atoms with Gasteiger partial charge >= 0.3 is 0 Å². The van der Waals surface area contributed by atoms with Gasteiger partial charge < -0.3 is 0 Å². The Morgan fingerprint density at radius 2 is 1.88 bits per heavy atom. The second kappa shape index (κ2) is 4.06. The third-order valence-electron chi connectivity index (χ3n) is 3.29. The predicted octanol–water partition coefficient (Wildman–Crippen LogP) is 2.62. The van der Waals surface area contributed by atoms with Crippen LogP contribution in [0.5, 0.6) is 0 Å². The van der Waals surface area contributed by atoms with Crippen molar-refractivity contribution in [1.29, 1.82) is 5.26 Å². The Balaban J connectivity index is 2.18. The van der Waals surface area contributed by atoms with Gasteiger partial charge in [-0.3, -0.25) is 0 Å². The zero-order valence-electron chi connectivity index (χ0n) is 9.56. The SMILES string of the molecule is N#Cc1nn(-c2ccccc2)c2c1CCCC2. The van der Waals surface area contributed by atoms with E-state index in [1.165, 1.54) is 18.5 Å². The van der Waals surface area contributed by atoms with Gasteiger partial charge in [0.15, 0.2) is 5.69 Å². The lowest BCUT2D eigenvalue weighted by Gasteiger charge is -2.13. The highest BCUT2D eigenvalue weighted by atomic mass is 15.3. The third-order valence-corrected chi connectivity index (χ3v) is 3.29. The minimum atomic E-state index is 0.601. The number of hydrogen-bond donors (Lipinski definition) is 0. The molecule has 17 heavy (non-hydrogen) atoms. The smallest absolute Gasteiger partial charge is 0.166 e. The van der Waals surface area contributed by atoms with Crippen LogP contribution in [-0.4, -0.2) is 9.78 Å². The highest BCUT2D eigenvalue weighted by Crippen LogP contribution is 2.26. The number of nitrogens with zero attached hydrogens (tertiary/aromatic N) is 3. The van der Waals surface area contributed by atoms with Gasteiger partial charge in [-0.15, -0.1) is 0 Å². The van der Waals surface area contributed by atoms with Crippen molar-refractivity contribution < 1.29 is 0 Å². The summed E-state index contributed by atoms with van der Waals surface area (Å²) in [7, 11) is 0. The lowest BCUT2D eigenvalue weighted by Crippen LogP contribution is -2.07. The number of nitriles is 1. The summed E-state index contributed by atoms with van der Waals surface area (Å²) in [4.78, 5) is 0. The number of hydrogen-bond acceptors (Lipinski definition) is 2. The van der Waals surface area contributed by atoms with E-state index >= 15 is 0 Å². The largest absolute Gasteiger partial charge is 0.236 e. The van der Waals surface area contributed by atoms with Crippen LogP contribution in [0.2, 0.25) is 0 Å². The summed E-state index contributed by atoms with van der Waals surface area (Å²) in [5.41, 5.74) is 4.03. The van der Waals surface area contributed by atoms with Crippen LogP contribution >= 0.6 is 0 Å². The number of fused-ring (bicyclic) bond motifs is 1. The fourth-order valence-electron chi connectivity index (χ4n) is 2.47. The summed E-state index contributed by atoms with van der Waals surface area (Å²) < 4.78 is 1.94. The molecule has 1 aromatic heterocycles. The summed E-state index contributed by atoms with van der Waals surface area (Å²) in [5, 5.41) is 13.6. The Labute approximate surface area is 100 Å². The van der Waals surface area contributed by atoms with Crippen LogP contribution < -0.4 is 0 Å². The quantitative estimate of drug-likeness (QED) is 0.745. The molecule has 0 fully saturated rings. The number of aromatic nitrogens is 2. The molecule has 3 nitrogen and oxygen atoms in total. The molecule has 0 N–H and O–H groups in total. The van der Waals surface area contributed by atoms with Crippen molar-refractivity contribution in [2.75, 3.05) is 0 Å². The van der Waals surface area contributed by atoms with Gasteiger partial charge in [0.05, 0.1) is 5.69 Å². The van der Waals surface area contributed by atoms with Crippen LogP contribution in [-0.2, 0) is 12.8 Å². The average Bonchev–Trinajstić information content (AvgIpc) is 2.78. The van der Waals surface area contributed by atoms with Crippen molar-refractivity contribution in [1.82, 2.24) is 9.78 Å². The van der Waals surface area contributed by atoms with E-state index in [0.717, 1.165) is 24.1 Å². The molecule has 3 rings (SSSR count). The van der Waals surface area contributed by atoms with E-state index in [9.17, 15) is 0 Å². The van der Waals surface area contributed by atoms with Gasteiger partial charge in [-0.2, -0.15) is 10.4 Å². The average molecular weight is 223 g/mol. The minimum absolute atomic E-state index is 0.601. The molecule has 1 heterocycles. The molecule has 2 aromatic rings. The van der Waals surface area contributed by atoms with Crippen molar-refractivity contribution in [2.45, 2.75) is 25.7 Å². The molecule has 84 valence electrons. The van der Waals surface area contributed by atoms with Gasteiger partial charge in [-0.05, 0) is 37.8 Å². The van der Waals surface area contributed by atoms with E-state index in [4.69, 9.17) is 5.26 Å². The van der Waals surface area contributed by atoms with Crippen LogP contribution in [0.25, 0.3) is 5.69 Å². The standard InChI is InChI=1S/C14H13N3/c15-10-13-12-8-4-5-9-14(12)17(16-13)11-6-2-1-3-7-11/h1-3,6-7H,4-5,8-9H2. The van der Waals surface area contributed by atoms with Crippen molar-refractivity contribution >= 4 is 0 Å². The van der Waals surface area contributed by atoms with Gasteiger partial charge in [0.1, 0.15) is 6.07 Å². The van der Waals surface area contributed by atoms with Gasteiger partial charge in [-0.25, -0.2) is 4.68 Å². The fraction of sp³-hybridized carbons (Fsp3) is 0.286. The van der Waals surface area contributed by atoms with Crippen molar-refractivity contribution in [3.8, 4) is 11.8 Å². The number of rotatable bonds is 1. The highest BCUT2D eigenvalue weighted by Gasteiger charge is 2.21. The zero-order valence-corrected chi connectivity index (χ0v) is 9.56. The van der Waals surface area contributed by atoms with Crippen LogP contribution in [0.3, 0.4) is 0 Å². The Morgan fingerprint density at radius 1 is 1.12 bits per heavy atom. The first-order chi connectivity index (χ1) is 8.40. The summed E-state index contributed by atoms with van der Waals surface area (Å²) >= 11 is 0. The Kier molecular flexibility index (Phi) is 2.41. The second-order valence-corrected chi connectivity index (χ2v) is 4.34. The van der Waals surface area contributed by atoms with E-state index in [-0.39, 0.29) is 0 Å². The molecule has 1 aliphatic carbocycles. The molecule has 0 atom stereocenters. The predicted molar refractivity (Wildman–Crippen MR) is 64.9 cm³/mol. The maximum absolute atomic E-state index is 9.13. The maximum atomic E-state index is 9.13. The first-order valence-corrected chi connectivity index (χ1v) is 5.96. The topological polar surface area (TPSA) is 41.6 Å². The number of benzene rings is 1. The van der Waals surface area contributed by atoms with Crippen LogP contribution in [0, 0.1) is 11.3 Å². The molecule has 0 radical (unpaired) electrons. The molecule has 0 saturated carbocycles. The first kappa shape index (κ1) is 10.1. The van der Waals surface area contributed by atoms with E-state index < -0.39 is 0 Å². The molecule has 1 aliphatic rings. The third kappa shape index (κ3) is 1.62. The normalized spacial score (nSPS) is 14.1. The van der Waals surface area contributed by atoms with Gasteiger partial charge in [0, 0.05) is 11.3 Å². The van der Waals surface area contributed by atoms with Crippen molar-refractivity contribution in [3.63, 3.8) is 0 Å². The Morgan fingerprint density at radius 3 is 2.65 bits per heavy atom. The van der Waals surface area contributed by atoms with E-state index in [0.29, 0.717) is 5.69 Å². The summed E-state index contributed by atoms with van der Waals surface area (Å²) in [6.45, 7) is 0. The lowest BCUT2D eigenvalue weighted by atomic mass is 9.96. The van der Waals surface area contributed by atoms with E-state index in [1.54, 1.807) is 0 Å². The molecule has 1 aromatic carbocycles. The molecular formula is C14H13N3. The first-order valence-electron chi connectivity index (χ1n) is 5.96. The van der Waals surface area contributed by atoms with Crippen LogP contribution in [0.1, 0.15) is 29.8 Å². The monoisotopic (exact) mass is 223 g/mol. The van der Waals surface area contributed by atoms with Gasteiger partial charge in [0.2, 0.25) is 0 Å². The van der Waals surface area contributed by atoms with E-state index in [2.05, 4.69) is 11.2 Å². The maximum Gasteiger partial charge on any atom is 0.166 e. The Bertz CT molecular complexity index is 576. The van der Waals surface area contributed by atoms with Crippen molar-refractivity contribution in [2.24, 2.45) is 0 Å². The molecule has 3 heteroatoms. The van der Waals surface area contributed by atoms with Crippen LogP contribution in [0.15, 0.2) is 30.3 Å². The molecule has 0 saturated heterocycles. The molecule has 0 unspecified atom stereocenters. The summed E-state index contributed by atoms with van der Waals surface area (Å²) in [6, 6.07) is 12.3. The number of para-hydroxylation sites is 1. The fourth-order valence-corrected chi connectivity index (χ4v) is 2.47. The molecule has 0 aliphatic heterocycles. The lowest BCUT2D eigenvalue weighted by molar-refractivity contribution is 0.653. The summed E-state index contributed by atoms with van der Waals surface area (Å²) in [5.74, 6) is 0. The van der Waals surface area contributed by atoms with Gasteiger partial charge in [-0.1, -0.05) is 18.2 Å². The highest BCUT2D eigenvalue weighted by molar-refractivity contribution is 5.42. The Hall–Kier alpha value is -2.08. The minimum Gasteiger partial charge on any atom is -0.236 e. The van der Waals surface area contributed by atoms with E-state index in [1.807, 2.05) is 35.0 Å². The zero-order chi connectivity index (χ0) is 11.7. The molecule has 0 bridgehead atoms. The second-order valence-electron chi connectivity index (χ2n) is 4.34. The van der Waals surface area contributed by atoms with Gasteiger partial charge in [0.25, 0.3) is 0 Å². The molecule has 0 amide bonds. The molecule has 0 spiro atoms. The van der Waals surface area contributed by atoms with Crippen LogP contribution in [0.4, 0.5) is 0 Å².